The number of hydrogen-bond donors (Lipinski definition) is 0. The summed E-state index contributed by atoms with van der Waals surface area (Å²) in [6.07, 6.45) is 2.73. The molecule has 0 radical (unpaired) electrons. The third-order valence-corrected chi connectivity index (χ3v) is 4.06. The molecule has 0 amide bonds. The zero-order valence-corrected chi connectivity index (χ0v) is 12.0. The van der Waals surface area contributed by atoms with Crippen LogP contribution in [-0.2, 0) is 10.6 Å². The van der Waals surface area contributed by atoms with Crippen LogP contribution in [0.25, 0.3) is 0 Å². The minimum absolute atomic E-state index is 0.580. The average Bonchev–Trinajstić information content (AvgIpc) is 3.24. The van der Waals surface area contributed by atoms with Gasteiger partial charge < -0.3 is 9.64 Å². The van der Waals surface area contributed by atoms with Gasteiger partial charge in [0.2, 0.25) is 0 Å². The number of alkyl halides is 1. The van der Waals surface area contributed by atoms with Crippen molar-refractivity contribution in [2.45, 2.75) is 31.7 Å². The van der Waals surface area contributed by atoms with Gasteiger partial charge in [0, 0.05) is 31.3 Å². The fraction of sp³-hybridized carbons (Fsp3) is 0.600. The van der Waals surface area contributed by atoms with Gasteiger partial charge in [-0.2, -0.15) is 0 Å². The van der Waals surface area contributed by atoms with Crippen LogP contribution < -0.4 is 4.90 Å². The van der Waals surface area contributed by atoms with Crippen LogP contribution >= 0.6 is 11.6 Å². The topological polar surface area (TPSA) is 12.5 Å². The third-order valence-electron chi connectivity index (χ3n) is 3.75. The predicted molar refractivity (Wildman–Crippen MR) is 77.4 cm³/mol. The van der Waals surface area contributed by atoms with Gasteiger partial charge in [0.25, 0.3) is 0 Å². The molecule has 0 saturated heterocycles. The molecule has 1 atom stereocenters. The van der Waals surface area contributed by atoms with E-state index in [4.69, 9.17) is 16.3 Å². The molecule has 18 heavy (non-hydrogen) atoms. The standard InChI is InChI=1S/C15H22ClNO/c1-12(14-5-6-14)17(9-10-18-2)15-7-3-13(11-16)4-8-15/h3-4,7-8,12,14H,5-6,9-11H2,1-2H3. The Hall–Kier alpha value is -0.730. The molecule has 1 aromatic carbocycles. The zero-order valence-electron chi connectivity index (χ0n) is 11.2. The molecule has 1 saturated carbocycles. The lowest BCUT2D eigenvalue weighted by atomic mass is 10.1. The second kappa shape index (κ2) is 6.44. The van der Waals surface area contributed by atoms with Gasteiger partial charge in [-0.15, -0.1) is 11.6 Å². The Morgan fingerprint density at radius 3 is 2.50 bits per heavy atom. The summed E-state index contributed by atoms with van der Waals surface area (Å²) in [7, 11) is 1.76. The average molecular weight is 268 g/mol. The highest BCUT2D eigenvalue weighted by Gasteiger charge is 2.31. The Morgan fingerprint density at radius 1 is 1.33 bits per heavy atom. The molecular formula is C15H22ClNO. The van der Waals surface area contributed by atoms with Crippen molar-refractivity contribution in [3.8, 4) is 0 Å². The van der Waals surface area contributed by atoms with Crippen LogP contribution in [0.4, 0.5) is 5.69 Å². The van der Waals surface area contributed by atoms with Gasteiger partial charge in [0.1, 0.15) is 0 Å². The van der Waals surface area contributed by atoms with E-state index in [-0.39, 0.29) is 0 Å². The first-order chi connectivity index (χ1) is 8.76. The Balaban J connectivity index is 2.09. The Bertz CT molecular complexity index is 361. The predicted octanol–water partition coefficient (Wildman–Crippen LogP) is 3.68. The van der Waals surface area contributed by atoms with Gasteiger partial charge >= 0.3 is 0 Å². The normalized spacial score (nSPS) is 16.6. The van der Waals surface area contributed by atoms with E-state index in [1.54, 1.807) is 7.11 Å². The minimum atomic E-state index is 0.580. The summed E-state index contributed by atoms with van der Waals surface area (Å²) in [5.74, 6) is 1.44. The molecule has 1 aliphatic carbocycles. The molecule has 3 heteroatoms. The summed E-state index contributed by atoms with van der Waals surface area (Å²) >= 11 is 5.83. The maximum absolute atomic E-state index is 5.83. The summed E-state index contributed by atoms with van der Waals surface area (Å²) in [5, 5.41) is 0. The van der Waals surface area contributed by atoms with Crippen LogP contribution in [0.1, 0.15) is 25.3 Å². The van der Waals surface area contributed by atoms with Crippen molar-refractivity contribution in [1.29, 1.82) is 0 Å². The quantitative estimate of drug-likeness (QED) is 0.699. The van der Waals surface area contributed by atoms with E-state index in [1.165, 1.54) is 24.1 Å². The summed E-state index contributed by atoms with van der Waals surface area (Å²) in [5.41, 5.74) is 2.45. The number of anilines is 1. The van der Waals surface area contributed by atoms with Gasteiger partial charge in [0.15, 0.2) is 0 Å². The monoisotopic (exact) mass is 267 g/mol. The van der Waals surface area contributed by atoms with Crippen molar-refractivity contribution in [3.05, 3.63) is 29.8 Å². The molecule has 1 fully saturated rings. The molecule has 0 aliphatic heterocycles. The SMILES string of the molecule is COCCN(c1ccc(CCl)cc1)C(C)C1CC1. The largest absolute Gasteiger partial charge is 0.383 e. The minimum Gasteiger partial charge on any atom is -0.383 e. The van der Waals surface area contributed by atoms with E-state index in [0.29, 0.717) is 11.9 Å². The Morgan fingerprint density at radius 2 is 2.00 bits per heavy atom. The lowest BCUT2D eigenvalue weighted by Gasteiger charge is -2.31. The maximum atomic E-state index is 5.83. The van der Waals surface area contributed by atoms with Crippen LogP contribution in [0.15, 0.2) is 24.3 Å². The maximum Gasteiger partial charge on any atom is 0.0637 e. The molecule has 0 bridgehead atoms. The molecule has 2 rings (SSSR count). The lowest BCUT2D eigenvalue weighted by molar-refractivity contribution is 0.202. The van der Waals surface area contributed by atoms with Crippen LogP contribution in [0, 0.1) is 5.92 Å². The first-order valence-electron chi connectivity index (χ1n) is 6.66. The van der Waals surface area contributed by atoms with Crippen molar-refractivity contribution < 1.29 is 4.74 Å². The summed E-state index contributed by atoms with van der Waals surface area (Å²) in [6.45, 7) is 4.05. The fourth-order valence-corrected chi connectivity index (χ4v) is 2.55. The number of nitrogens with zero attached hydrogens (tertiary/aromatic N) is 1. The summed E-state index contributed by atoms with van der Waals surface area (Å²) < 4.78 is 5.23. The Kier molecular flexibility index (Phi) is 4.90. The molecule has 0 aromatic heterocycles. The number of halogens is 1. The number of rotatable bonds is 7. The fourth-order valence-electron chi connectivity index (χ4n) is 2.37. The van der Waals surface area contributed by atoms with E-state index < -0.39 is 0 Å². The zero-order chi connectivity index (χ0) is 13.0. The van der Waals surface area contributed by atoms with Crippen molar-refractivity contribution in [1.82, 2.24) is 0 Å². The first-order valence-corrected chi connectivity index (χ1v) is 7.20. The summed E-state index contributed by atoms with van der Waals surface area (Å²) in [6, 6.07) is 9.17. The van der Waals surface area contributed by atoms with E-state index in [9.17, 15) is 0 Å². The van der Waals surface area contributed by atoms with Gasteiger partial charge in [-0.25, -0.2) is 0 Å². The molecule has 2 nitrogen and oxygen atoms in total. The highest BCUT2D eigenvalue weighted by Crippen LogP contribution is 2.36. The molecule has 100 valence electrons. The van der Waals surface area contributed by atoms with E-state index in [2.05, 4.69) is 36.1 Å². The smallest absolute Gasteiger partial charge is 0.0637 e. The van der Waals surface area contributed by atoms with E-state index >= 15 is 0 Å². The first kappa shape index (κ1) is 13.7. The number of ether oxygens (including phenoxy) is 1. The molecular weight excluding hydrogens is 246 g/mol. The van der Waals surface area contributed by atoms with E-state index in [1.807, 2.05) is 0 Å². The van der Waals surface area contributed by atoms with Crippen LogP contribution in [0.2, 0.25) is 0 Å². The van der Waals surface area contributed by atoms with Crippen molar-refractivity contribution >= 4 is 17.3 Å². The second-order valence-electron chi connectivity index (χ2n) is 5.06. The molecule has 1 aliphatic rings. The summed E-state index contributed by atoms with van der Waals surface area (Å²) in [4.78, 5) is 2.46. The van der Waals surface area contributed by atoms with Crippen molar-refractivity contribution in [2.24, 2.45) is 5.92 Å². The molecule has 0 N–H and O–H groups in total. The molecule has 0 heterocycles. The van der Waals surface area contributed by atoms with Crippen LogP contribution in [-0.4, -0.2) is 26.3 Å². The third kappa shape index (κ3) is 3.39. The molecule has 1 aromatic rings. The van der Waals surface area contributed by atoms with Crippen molar-refractivity contribution in [2.75, 3.05) is 25.2 Å². The number of hydrogen-bond acceptors (Lipinski definition) is 2. The van der Waals surface area contributed by atoms with Gasteiger partial charge in [-0.1, -0.05) is 12.1 Å². The molecule has 0 spiro atoms. The van der Waals surface area contributed by atoms with Crippen molar-refractivity contribution in [3.63, 3.8) is 0 Å². The number of benzene rings is 1. The van der Waals surface area contributed by atoms with Gasteiger partial charge in [0.05, 0.1) is 6.61 Å². The van der Waals surface area contributed by atoms with Gasteiger partial charge in [-0.3, -0.25) is 0 Å². The number of methoxy groups -OCH3 is 1. The van der Waals surface area contributed by atoms with Crippen LogP contribution in [0.3, 0.4) is 0 Å². The highest BCUT2D eigenvalue weighted by molar-refractivity contribution is 6.17. The second-order valence-corrected chi connectivity index (χ2v) is 5.33. The van der Waals surface area contributed by atoms with E-state index in [0.717, 1.165) is 19.1 Å². The lowest BCUT2D eigenvalue weighted by Crippen LogP contribution is -2.37. The van der Waals surface area contributed by atoms with Gasteiger partial charge in [-0.05, 0) is 43.4 Å². The van der Waals surface area contributed by atoms with Crippen LogP contribution in [0.5, 0.6) is 0 Å². The Labute approximate surface area is 115 Å². The highest BCUT2D eigenvalue weighted by atomic mass is 35.5. The molecule has 1 unspecified atom stereocenters.